The number of halogens is 4. The van der Waals surface area contributed by atoms with E-state index >= 15 is 0 Å². The molecule has 164 valence electrons. The second-order valence-electron chi connectivity index (χ2n) is 7.52. The number of nitrogen functional groups attached to an aromatic ring is 1. The minimum atomic E-state index is -4.60. The Morgan fingerprint density at radius 2 is 1.81 bits per heavy atom. The average molecular weight is 442 g/mol. The number of anilines is 1. The van der Waals surface area contributed by atoms with Crippen LogP contribution in [0, 0.1) is 12.7 Å². The summed E-state index contributed by atoms with van der Waals surface area (Å²) in [6.07, 6.45) is -1.85. The van der Waals surface area contributed by atoms with Crippen LogP contribution in [0.4, 0.5) is 23.4 Å². The molecule has 4 rings (SSSR count). The van der Waals surface area contributed by atoms with Gasteiger partial charge in [0.2, 0.25) is 0 Å². The van der Waals surface area contributed by atoms with E-state index in [0.29, 0.717) is 29.0 Å². The van der Waals surface area contributed by atoms with Gasteiger partial charge in [-0.25, -0.2) is 13.9 Å². The Morgan fingerprint density at radius 1 is 1.09 bits per heavy atom. The molecule has 2 aromatic heterocycles. The van der Waals surface area contributed by atoms with E-state index in [0.717, 1.165) is 22.8 Å². The number of ketones is 1. The SMILES string of the molecule is Cc1cn2ncnc(N)c2c1-c1ccc(CC(=O)Cc2cc(C(F)(F)F)ccc2F)cc1. The van der Waals surface area contributed by atoms with Crippen LogP contribution in [0.3, 0.4) is 0 Å². The zero-order valence-corrected chi connectivity index (χ0v) is 16.9. The molecule has 0 radical (unpaired) electrons. The fourth-order valence-electron chi connectivity index (χ4n) is 3.70. The lowest BCUT2D eigenvalue weighted by atomic mass is 9.98. The Morgan fingerprint density at radius 3 is 2.50 bits per heavy atom. The molecule has 2 N–H and O–H groups in total. The molecule has 0 aliphatic rings. The predicted octanol–water partition coefficient (Wildman–Crippen LogP) is 4.80. The van der Waals surface area contributed by atoms with Crippen molar-refractivity contribution in [1.29, 1.82) is 0 Å². The maximum absolute atomic E-state index is 13.9. The van der Waals surface area contributed by atoms with Gasteiger partial charge in [0, 0.05) is 24.6 Å². The van der Waals surface area contributed by atoms with Crippen LogP contribution < -0.4 is 5.73 Å². The number of aromatic nitrogens is 3. The number of hydrogen-bond donors (Lipinski definition) is 1. The number of fused-ring (bicyclic) bond motifs is 1. The first kappa shape index (κ1) is 21.5. The standard InChI is InChI=1S/C23H18F4N4O/c1-13-11-31-21(22(28)29-12-30-31)20(13)15-4-2-14(3-5-15)8-18(32)10-16-9-17(23(25,26)27)6-7-19(16)24/h2-7,9,11-12H,8,10H2,1H3,(H2,28,29,30). The summed E-state index contributed by atoms with van der Waals surface area (Å²) in [4.78, 5) is 16.4. The Hall–Kier alpha value is -3.75. The van der Waals surface area contributed by atoms with Gasteiger partial charge in [0.15, 0.2) is 5.82 Å². The lowest BCUT2D eigenvalue weighted by Crippen LogP contribution is -2.11. The zero-order valence-electron chi connectivity index (χ0n) is 16.9. The largest absolute Gasteiger partial charge is 0.416 e. The second-order valence-corrected chi connectivity index (χ2v) is 7.52. The number of rotatable bonds is 5. The van der Waals surface area contributed by atoms with E-state index in [1.54, 1.807) is 16.6 Å². The van der Waals surface area contributed by atoms with Gasteiger partial charge >= 0.3 is 6.18 Å². The van der Waals surface area contributed by atoms with E-state index in [1.165, 1.54) is 6.33 Å². The number of aryl methyl sites for hydroxylation is 1. The molecule has 0 amide bonds. The van der Waals surface area contributed by atoms with Gasteiger partial charge in [-0.15, -0.1) is 0 Å². The fraction of sp³-hybridized carbons (Fsp3) is 0.174. The molecule has 0 aliphatic heterocycles. The van der Waals surface area contributed by atoms with Crippen molar-refractivity contribution < 1.29 is 22.4 Å². The lowest BCUT2D eigenvalue weighted by molar-refractivity contribution is -0.137. The summed E-state index contributed by atoms with van der Waals surface area (Å²) in [6.45, 7) is 1.92. The summed E-state index contributed by atoms with van der Waals surface area (Å²) in [6, 6.07) is 9.22. The van der Waals surface area contributed by atoms with Crippen LogP contribution >= 0.6 is 0 Å². The van der Waals surface area contributed by atoms with Gasteiger partial charge in [-0.3, -0.25) is 4.79 Å². The van der Waals surface area contributed by atoms with Gasteiger partial charge in [-0.2, -0.15) is 18.3 Å². The van der Waals surface area contributed by atoms with Crippen molar-refractivity contribution in [3.05, 3.63) is 83.1 Å². The Labute approximate surface area is 180 Å². The molecule has 0 saturated carbocycles. The Balaban J connectivity index is 1.53. The third-order valence-electron chi connectivity index (χ3n) is 5.20. The second kappa shape index (κ2) is 8.07. The predicted molar refractivity (Wildman–Crippen MR) is 111 cm³/mol. The quantitative estimate of drug-likeness (QED) is 0.451. The first-order chi connectivity index (χ1) is 15.1. The highest BCUT2D eigenvalue weighted by molar-refractivity contribution is 5.90. The number of nitrogens with zero attached hydrogens (tertiary/aromatic N) is 3. The smallest absolute Gasteiger partial charge is 0.382 e. The van der Waals surface area contributed by atoms with Gasteiger partial charge < -0.3 is 5.73 Å². The van der Waals surface area contributed by atoms with Crippen molar-refractivity contribution in [2.45, 2.75) is 25.9 Å². The lowest BCUT2D eigenvalue weighted by Gasteiger charge is -2.10. The molecule has 5 nitrogen and oxygen atoms in total. The molecule has 9 heteroatoms. The molecule has 0 spiro atoms. The Kier molecular flexibility index (Phi) is 5.41. The van der Waals surface area contributed by atoms with Gasteiger partial charge in [0.25, 0.3) is 0 Å². The molecule has 0 unspecified atom stereocenters. The molecule has 0 bridgehead atoms. The summed E-state index contributed by atoms with van der Waals surface area (Å²) in [7, 11) is 0. The summed E-state index contributed by atoms with van der Waals surface area (Å²) >= 11 is 0. The normalized spacial score (nSPS) is 11.8. The van der Waals surface area contributed by atoms with Gasteiger partial charge in [-0.05, 0) is 47.4 Å². The maximum atomic E-state index is 13.9. The van der Waals surface area contributed by atoms with Crippen molar-refractivity contribution in [1.82, 2.24) is 14.6 Å². The van der Waals surface area contributed by atoms with E-state index in [-0.39, 0.29) is 17.8 Å². The van der Waals surface area contributed by atoms with Crippen LogP contribution in [-0.2, 0) is 23.8 Å². The van der Waals surface area contributed by atoms with Gasteiger partial charge in [0.05, 0.1) is 5.56 Å². The number of Topliss-reactive ketones (excluding diaryl/α,β-unsaturated/α-hetero) is 1. The number of carbonyl (C=O) groups is 1. The fourth-order valence-corrected chi connectivity index (χ4v) is 3.70. The topological polar surface area (TPSA) is 73.3 Å². The van der Waals surface area contributed by atoms with Crippen LogP contribution in [0.2, 0.25) is 0 Å². The molecule has 0 fully saturated rings. The van der Waals surface area contributed by atoms with Crippen molar-refractivity contribution >= 4 is 17.1 Å². The van der Waals surface area contributed by atoms with Crippen molar-refractivity contribution in [3.63, 3.8) is 0 Å². The third-order valence-corrected chi connectivity index (χ3v) is 5.20. The van der Waals surface area contributed by atoms with Crippen molar-refractivity contribution in [3.8, 4) is 11.1 Å². The van der Waals surface area contributed by atoms with Crippen LogP contribution in [0.25, 0.3) is 16.6 Å². The minimum Gasteiger partial charge on any atom is -0.382 e. The number of nitrogens with two attached hydrogens (primary N) is 1. The average Bonchev–Trinajstić information content (AvgIpc) is 3.06. The third kappa shape index (κ3) is 4.18. The molecule has 2 heterocycles. The first-order valence-electron chi connectivity index (χ1n) is 9.68. The van der Waals surface area contributed by atoms with Crippen LogP contribution in [0.5, 0.6) is 0 Å². The Bertz CT molecular complexity index is 1310. The number of carbonyl (C=O) groups excluding carboxylic acids is 1. The summed E-state index contributed by atoms with van der Waals surface area (Å²) < 4.78 is 54.2. The first-order valence-corrected chi connectivity index (χ1v) is 9.68. The summed E-state index contributed by atoms with van der Waals surface area (Å²) in [5.74, 6) is -0.887. The van der Waals surface area contributed by atoms with Crippen LogP contribution in [0.15, 0.2) is 55.0 Å². The van der Waals surface area contributed by atoms with Crippen LogP contribution in [-0.4, -0.2) is 20.4 Å². The molecule has 4 aromatic rings. The van der Waals surface area contributed by atoms with Crippen molar-refractivity contribution in [2.75, 3.05) is 5.73 Å². The molecule has 0 aliphatic carbocycles. The van der Waals surface area contributed by atoms with Crippen LogP contribution in [0.1, 0.15) is 22.3 Å². The highest BCUT2D eigenvalue weighted by Gasteiger charge is 2.31. The maximum Gasteiger partial charge on any atom is 0.416 e. The number of hydrogen-bond acceptors (Lipinski definition) is 4. The zero-order chi connectivity index (χ0) is 23.0. The highest BCUT2D eigenvalue weighted by Crippen LogP contribution is 2.32. The van der Waals surface area contributed by atoms with E-state index in [1.807, 2.05) is 25.3 Å². The van der Waals surface area contributed by atoms with E-state index in [2.05, 4.69) is 10.1 Å². The molecule has 32 heavy (non-hydrogen) atoms. The summed E-state index contributed by atoms with van der Waals surface area (Å²) in [5, 5.41) is 4.15. The molecule has 0 atom stereocenters. The number of benzene rings is 2. The van der Waals surface area contributed by atoms with Gasteiger partial charge in [0.1, 0.15) is 23.4 Å². The molecular weight excluding hydrogens is 424 g/mol. The minimum absolute atomic E-state index is 0.0310. The number of alkyl halides is 3. The highest BCUT2D eigenvalue weighted by atomic mass is 19.4. The van der Waals surface area contributed by atoms with E-state index < -0.39 is 24.0 Å². The summed E-state index contributed by atoms with van der Waals surface area (Å²) in [5.41, 5.74) is 8.76. The molecule has 0 saturated heterocycles. The van der Waals surface area contributed by atoms with E-state index in [9.17, 15) is 22.4 Å². The molecule has 2 aromatic carbocycles. The van der Waals surface area contributed by atoms with Crippen molar-refractivity contribution in [2.24, 2.45) is 0 Å². The van der Waals surface area contributed by atoms with Gasteiger partial charge in [-0.1, -0.05) is 24.3 Å². The van der Waals surface area contributed by atoms with E-state index in [4.69, 9.17) is 5.73 Å². The monoisotopic (exact) mass is 442 g/mol. The molecular formula is C23H18F4N4O.